The quantitative estimate of drug-likeness (QED) is 0.194. The average Bonchev–Trinajstić information content (AvgIpc) is 3.37. The second-order valence-electron chi connectivity index (χ2n) is 15.2. The van der Waals surface area contributed by atoms with Gasteiger partial charge in [-0.2, -0.15) is 0 Å². The van der Waals surface area contributed by atoms with Crippen LogP contribution in [0.1, 0.15) is 99.3 Å². The van der Waals surface area contributed by atoms with Gasteiger partial charge in [-0.3, -0.25) is 19.4 Å². The molecule has 14 heteroatoms. The van der Waals surface area contributed by atoms with Crippen LogP contribution in [0, 0.1) is 0 Å². The molecule has 4 heterocycles. The molecule has 3 amide bonds. The number of fused-ring (bicyclic) bond motifs is 2. The van der Waals surface area contributed by atoms with Crippen LogP contribution in [0.2, 0.25) is 0 Å². The molecule has 1 aliphatic carbocycles. The maximum absolute atomic E-state index is 13.5. The van der Waals surface area contributed by atoms with Crippen molar-refractivity contribution in [3.8, 4) is 5.75 Å². The predicted molar refractivity (Wildman–Crippen MR) is 197 cm³/mol. The topological polar surface area (TPSA) is 157 Å². The summed E-state index contributed by atoms with van der Waals surface area (Å²) in [6.07, 6.45) is 4.02. The van der Waals surface area contributed by atoms with Crippen LogP contribution in [0.25, 0.3) is 5.65 Å². The van der Waals surface area contributed by atoms with E-state index in [9.17, 15) is 9.59 Å². The van der Waals surface area contributed by atoms with Gasteiger partial charge in [-0.25, -0.2) is 14.8 Å². The number of methoxy groups -OCH3 is 1. The highest BCUT2D eigenvalue weighted by molar-refractivity contribution is 5.92. The molecular formula is C38H51N9O5. The lowest BCUT2D eigenvalue weighted by molar-refractivity contribution is 0.0936. The number of pyridine rings is 1. The van der Waals surface area contributed by atoms with Gasteiger partial charge in [-0.1, -0.05) is 58.9 Å². The van der Waals surface area contributed by atoms with Crippen LogP contribution in [0.3, 0.4) is 0 Å². The van der Waals surface area contributed by atoms with Crippen molar-refractivity contribution in [2.45, 2.75) is 76.9 Å². The van der Waals surface area contributed by atoms with Crippen molar-refractivity contribution in [3.05, 3.63) is 77.1 Å². The molecule has 6 rings (SSSR count). The number of carbonyl (C=O) groups is 2. The Morgan fingerprint density at radius 3 is 2.58 bits per heavy atom. The highest BCUT2D eigenvalue weighted by atomic mass is 16.5. The molecule has 52 heavy (non-hydrogen) atoms. The first-order valence-electron chi connectivity index (χ1n) is 18.1. The maximum Gasteiger partial charge on any atom is 0.320 e. The Morgan fingerprint density at radius 1 is 0.981 bits per heavy atom. The summed E-state index contributed by atoms with van der Waals surface area (Å²) in [5, 5.41) is 17.7. The lowest BCUT2D eigenvalue weighted by Gasteiger charge is -2.32. The number of nitrogens with zero attached hydrogens (tertiary/aromatic N) is 6. The second-order valence-corrected chi connectivity index (χ2v) is 15.2. The van der Waals surface area contributed by atoms with Gasteiger partial charge < -0.3 is 24.8 Å². The van der Waals surface area contributed by atoms with Gasteiger partial charge in [-0.05, 0) is 42.5 Å². The number of rotatable bonds is 11. The van der Waals surface area contributed by atoms with E-state index in [0.717, 1.165) is 48.7 Å². The number of benzene rings is 1. The van der Waals surface area contributed by atoms with Gasteiger partial charge in [0.2, 0.25) is 5.82 Å². The molecule has 2 atom stereocenters. The minimum absolute atomic E-state index is 0.0176. The zero-order chi connectivity index (χ0) is 36.9. The van der Waals surface area contributed by atoms with Crippen molar-refractivity contribution >= 4 is 23.4 Å². The summed E-state index contributed by atoms with van der Waals surface area (Å²) in [7, 11) is 1.68. The van der Waals surface area contributed by atoms with E-state index in [2.05, 4.69) is 54.9 Å². The number of hydrogen-bond acceptors (Lipinski definition) is 10. The van der Waals surface area contributed by atoms with Crippen molar-refractivity contribution in [3.63, 3.8) is 0 Å². The number of ether oxygens (including phenoxy) is 3. The number of urea groups is 1. The number of carbonyl (C=O) groups excluding carboxylic acids is 2. The number of anilines is 1. The van der Waals surface area contributed by atoms with Crippen molar-refractivity contribution in [1.29, 1.82) is 0 Å². The molecule has 0 spiro atoms. The van der Waals surface area contributed by atoms with Crippen LogP contribution in [0.15, 0.2) is 48.7 Å². The van der Waals surface area contributed by atoms with Gasteiger partial charge in [-0.15, -0.1) is 10.2 Å². The third kappa shape index (κ3) is 8.85. The number of aromatic nitrogens is 5. The molecule has 4 aromatic rings. The Balaban J connectivity index is 1.13. The summed E-state index contributed by atoms with van der Waals surface area (Å²) in [6, 6.07) is 12.9. The summed E-state index contributed by atoms with van der Waals surface area (Å²) in [5.41, 5.74) is 2.64. The largest absolute Gasteiger partial charge is 0.484 e. The van der Waals surface area contributed by atoms with Gasteiger partial charge in [0.15, 0.2) is 5.65 Å². The molecule has 3 aromatic heterocycles. The zero-order valence-corrected chi connectivity index (χ0v) is 31.1. The standard InChI is InChI=1S/C38H51N9O5/c1-37(2,3)30-22-31(42-33(41-30)34(48)39-16-18-46-17-9-20-51-21-19-46)43-36(49)40-28-13-14-29(27-11-8-7-10-26(27)28)52-25-12-15-32-44-45-35(47(32)23-25)38(4,5)24-50-6/h7-8,10-12,15,22-23,28-29H,9,13-14,16-21,24H2,1-6H3,(H,39,48)(H2,40,41,42,43,49)/t28-,29+/m0/s1. The van der Waals surface area contributed by atoms with Crippen LogP contribution in [-0.4, -0.2) is 94.5 Å². The highest BCUT2D eigenvalue weighted by Gasteiger charge is 2.31. The van der Waals surface area contributed by atoms with Crippen molar-refractivity contribution in [2.24, 2.45) is 0 Å². The van der Waals surface area contributed by atoms with Crippen LogP contribution >= 0.6 is 0 Å². The smallest absolute Gasteiger partial charge is 0.320 e. The van der Waals surface area contributed by atoms with E-state index < -0.39 is 6.03 Å². The molecule has 0 saturated carbocycles. The fourth-order valence-corrected chi connectivity index (χ4v) is 6.75. The van der Waals surface area contributed by atoms with E-state index in [4.69, 9.17) is 14.2 Å². The summed E-state index contributed by atoms with van der Waals surface area (Å²) in [4.78, 5) is 38.0. The molecule has 0 unspecified atom stereocenters. The molecule has 14 nitrogen and oxygen atoms in total. The fourth-order valence-electron chi connectivity index (χ4n) is 6.75. The van der Waals surface area contributed by atoms with Crippen molar-refractivity contribution < 1.29 is 23.8 Å². The number of amides is 3. The van der Waals surface area contributed by atoms with E-state index in [1.165, 1.54) is 0 Å². The van der Waals surface area contributed by atoms with Gasteiger partial charge in [0.1, 0.15) is 23.5 Å². The molecule has 1 aliphatic heterocycles. The lowest BCUT2D eigenvalue weighted by Crippen LogP contribution is -2.37. The average molecular weight is 714 g/mol. The summed E-state index contributed by atoms with van der Waals surface area (Å²) in [6.45, 7) is 15.1. The fraction of sp³-hybridized carbons (Fsp3) is 0.526. The Hall–Kier alpha value is -4.66. The van der Waals surface area contributed by atoms with Crippen molar-refractivity contribution in [2.75, 3.05) is 58.4 Å². The molecule has 1 fully saturated rings. The number of nitrogens with one attached hydrogen (secondary N) is 3. The predicted octanol–water partition coefficient (Wildman–Crippen LogP) is 4.97. The van der Waals surface area contributed by atoms with E-state index in [1.807, 2.05) is 67.8 Å². The molecule has 1 saturated heterocycles. The Morgan fingerprint density at radius 2 is 1.79 bits per heavy atom. The van der Waals surface area contributed by atoms with Crippen LogP contribution in [0.5, 0.6) is 5.75 Å². The highest BCUT2D eigenvalue weighted by Crippen LogP contribution is 2.39. The molecule has 278 valence electrons. The van der Waals surface area contributed by atoms with Crippen molar-refractivity contribution in [1.82, 2.24) is 40.1 Å². The van der Waals surface area contributed by atoms with E-state index in [1.54, 1.807) is 13.2 Å². The van der Waals surface area contributed by atoms with Crippen LogP contribution in [-0.2, 0) is 20.3 Å². The summed E-state index contributed by atoms with van der Waals surface area (Å²) in [5.74, 6) is 1.38. The molecular weight excluding hydrogens is 662 g/mol. The molecule has 3 N–H and O–H groups in total. The van der Waals surface area contributed by atoms with E-state index >= 15 is 0 Å². The maximum atomic E-state index is 13.5. The van der Waals surface area contributed by atoms with Gasteiger partial charge in [0, 0.05) is 56.8 Å². The van der Waals surface area contributed by atoms with Crippen LogP contribution < -0.4 is 20.7 Å². The Bertz CT molecular complexity index is 1860. The van der Waals surface area contributed by atoms with E-state index in [-0.39, 0.29) is 40.5 Å². The molecule has 2 aliphatic rings. The molecule has 0 bridgehead atoms. The first kappa shape index (κ1) is 37.1. The summed E-state index contributed by atoms with van der Waals surface area (Å²) < 4.78 is 19.5. The summed E-state index contributed by atoms with van der Waals surface area (Å²) >= 11 is 0. The van der Waals surface area contributed by atoms with Gasteiger partial charge in [0.25, 0.3) is 5.91 Å². The van der Waals surface area contributed by atoms with Crippen LogP contribution in [0.4, 0.5) is 10.6 Å². The third-order valence-electron chi connectivity index (χ3n) is 9.47. The third-order valence-corrected chi connectivity index (χ3v) is 9.47. The monoisotopic (exact) mass is 713 g/mol. The number of hydrogen-bond donors (Lipinski definition) is 3. The Kier molecular flexibility index (Phi) is 11.4. The van der Waals surface area contributed by atoms with E-state index in [0.29, 0.717) is 50.6 Å². The first-order valence-corrected chi connectivity index (χ1v) is 18.1. The Labute approximate surface area is 305 Å². The van der Waals surface area contributed by atoms with Gasteiger partial charge in [0.05, 0.1) is 31.1 Å². The lowest BCUT2D eigenvalue weighted by atomic mass is 9.85. The molecule has 0 radical (unpaired) electrons. The first-order chi connectivity index (χ1) is 24.9. The second kappa shape index (κ2) is 15.9. The zero-order valence-electron chi connectivity index (χ0n) is 31.1. The minimum Gasteiger partial charge on any atom is -0.484 e. The normalized spacial score (nSPS) is 18.3. The molecule has 1 aromatic carbocycles. The van der Waals surface area contributed by atoms with Gasteiger partial charge >= 0.3 is 6.03 Å². The minimum atomic E-state index is -0.420. The SMILES string of the molecule is COCC(C)(C)c1nnc2ccc(O[C@@H]3CC[C@H](NC(=O)Nc4cc(C(C)(C)C)nc(C(=O)NCCN5CCCOCC5)n4)c4ccccc43)cn12.